The van der Waals surface area contributed by atoms with Gasteiger partial charge in [0, 0.05) is 25.3 Å². The summed E-state index contributed by atoms with van der Waals surface area (Å²) in [7, 11) is 1.93. The molecule has 1 aliphatic carbocycles. The van der Waals surface area contributed by atoms with E-state index in [0.29, 0.717) is 0 Å². The first-order valence-corrected chi connectivity index (χ1v) is 6.61. The van der Waals surface area contributed by atoms with Crippen LogP contribution < -0.4 is 5.32 Å². The molecule has 0 amide bonds. The maximum atomic E-state index is 4.15. The fraction of sp³-hybridized carbons (Fsp3) is 0.833. The van der Waals surface area contributed by atoms with Crippen LogP contribution in [-0.4, -0.2) is 46.1 Å². The Morgan fingerprint density at radius 2 is 2.29 bits per heavy atom. The Kier molecular flexibility index (Phi) is 4.50. The number of hydrogen-bond donors (Lipinski definition) is 1. The van der Waals surface area contributed by atoms with Gasteiger partial charge in [0.05, 0.1) is 12.2 Å². The van der Waals surface area contributed by atoms with E-state index >= 15 is 0 Å². The van der Waals surface area contributed by atoms with Crippen LogP contribution in [0.3, 0.4) is 0 Å². The number of nitrogens with one attached hydrogen (secondary N) is 1. The van der Waals surface area contributed by atoms with Crippen molar-refractivity contribution in [3.8, 4) is 0 Å². The van der Waals surface area contributed by atoms with Gasteiger partial charge >= 0.3 is 0 Å². The van der Waals surface area contributed by atoms with Gasteiger partial charge in [-0.05, 0) is 32.9 Å². The second kappa shape index (κ2) is 6.12. The topological polar surface area (TPSA) is 46.0 Å². The van der Waals surface area contributed by atoms with Crippen LogP contribution in [0.4, 0.5) is 0 Å². The molecule has 0 spiro atoms. The van der Waals surface area contributed by atoms with Gasteiger partial charge in [-0.15, -0.1) is 5.10 Å². The van der Waals surface area contributed by atoms with Crippen molar-refractivity contribution in [1.29, 1.82) is 0 Å². The van der Waals surface area contributed by atoms with E-state index in [1.807, 2.05) is 17.9 Å². The maximum absolute atomic E-state index is 4.15. The van der Waals surface area contributed by atoms with E-state index < -0.39 is 0 Å². The van der Waals surface area contributed by atoms with Crippen molar-refractivity contribution in [3.63, 3.8) is 0 Å². The molecule has 0 saturated heterocycles. The van der Waals surface area contributed by atoms with Crippen LogP contribution in [0.1, 0.15) is 31.9 Å². The van der Waals surface area contributed by atoms with Crippen molar-refractivity contribution < 1.29 is 0 Å². The monoisotopic (exact) mass is 237 g/mol. The highest BCUT2D eigenvalue weighted by Gasteiger charge is 2.27. The number of aromatic nitrogens is 3. The third-order valence-corrected chi connectivity index (χ3v) is 3.13. The zero-order chi connectivity index (χ0) is 12.1. The predicted octanol–water partition coefficient (Wildman–Crippen LogP) is 0.872. The SMILES string of the molecule is CCCN(CCn1cc(CNC)nn1)C1CC1. The van der Waals surface area contributed by atoms with Crippen molar-refractivity contribution in [3.05, 3.63) is 11.9 Å². The lowest BCUT2D eigenvalue weighted by molar-refractivity contribution is 0.248. The average molecular weight is 237 g/mol. The largest absolute Gasteiger partial charge is 0.314 e. The highest BCUT2D eigenvalue weighted by atomic mass is 15.4. The molecule has 96 valence electrons. The van der Waals surface area contributed by atoms with Crippen LogP contribution >= 0.6 is 0 Å². The molecule has 5 nitrogen and oxygen atoms in total. The first-order valence-electron chi connectivity index (χ1n) is 6.61. The maximum Gasteiger partial charge on any atom is 0.0964 e. The van der Waals surface area contributed by atoms with E-state index in [-0.39, 0.29) is 0 Å². The van der Waals surface area contributed by atoms with Gasteiger partial charge in [-0.3, -0.25) is 9.58 Å². The minimum Gasteiger partial charge on any atom is -0.314 e. The lowest BCUT2D eigenvalue weighted by atomic mass is 10.4. The first kappa shape index (κ1) is 12.5. The highest BCUT2D eigenvalue weighted by molar-refractivity contribution is 4.91. The van der Waals surface area contributed by atoms with E-state index in [1.54, 1.807) is 0 Å². The van der Waals surface area contributed by atoms with Gasteiger partial charge in [0.1, 0.15) is 0 Å². The van der Waals surface area contributed by atoms with Crippen LogP contribution in [0, 0.1) is 0 Å². The molecule has 1 heterocycles. The second-order valence-corrected chi connectivity index (χ2v) is 4.77. The van der Waals surface area contributed by atoms with Crippen LogP contribution in [0.5, 0.6) is 0 Å². The molecule has 0 atom stereocenters. The van der Waals surface area contributed by atoms with Gasteiger partial charge in [0.15, 0.2) is 0 Å². The quantitative estimate of drug-likeness (QED) is 0.729. The third-order valence-electron chi connectivity index (χ3n) is 3.13. The molecular weight excluding hydrogens is 214 g/mol. The summed E-state index contributed by atoms with van der Waals surface area (Å²) in [5.74, 6) is 0. The number of nitrogens with zero attached hydrogens (tertiary/aromatic N) is 4. The Hall–Kier alpha value is -0.940. The van der Waals surface area contributed by atoms with Crippen molar-refractivity contribution in [2.75, 3.05) is 20.1 Å². The molecule has 0 bridgehead atoms. The van der Waals surface area contributed by atoms with Gasteiger partial charge < -0.3 is 5.32 Å². The fourth-order valence-electron chi connectivity index (χ4n) is 2.14. The van der Waals surface area contributed by atoms with E-state index in [9.17, 15) is 0 Å². The van der Waals surface area contributed by atoms with Crippen LogP contribution in [0.25, 0.3) is 0 Å². The van der Waals surface area contributed by atoms with Crippen LogP contribution in [0.2, 0.25) is 0 Å². The van der Waals surface area contributed by atoms with Gasteiger partial charge in [0.25, 0.3) is 0 Å². The molecule has 5 heteroatoms. The Morgan fingerprint density at radius 3 is 2.94 bits per heavy atom. The molecule has 1 aromatic rings. The average Bonchev–Trinajstić information content (AvgIpc) is 3.07. The number of rotatable bonds is 8. The van der Waals surface area contributed by atoms with E-state index in [2.05, 4.69) is 27.5 Å². The molecule has 2 rings (SSSR count). The minimum absolute atomic E-state index is 0.793. The summed E-state index contributed by atoms with van der Waals surface area (Å²) in [6, 6.07) is 0.843. The summed E-state index contributed by atoms with van der Waals surface area (Å²) < 4.78 is 1.96. The van der Waals surface area contributed by atoms with Crippen molar-refractivity contribution >= 4 is 0 Å². The summed E-state index contributed by atoms with van der Waals surface area (Å²) in [6.07, 6.45) is 6.02. The summed E-state index contributed by atoms with van der Waals surface area (Å²) in [4.78, 5) is 2.58. The van der Waals surface area contributed by atoms with E-state index in [4.69, 9.17) is 0 Å². The molecule has 1 fully saturated rings. The Morgan fingerprint density at radius 1 is 1.47 bits per heavy atom. The molecule has 17 heavy (non-hydrogen) atoms. The summed E-state index contributed by atoms with van der Waals surface area (Å²) in [5.41, 5.74) is 1.01. The molecule has 1 saturated carbocycles. The molecule has 1 aromatic heterocycles. The highest BCUT2D eigenvalue weighted by Crippen LogP contribution is 2.26. The fourth-order valence-corrected chi connectivity index (χ4v) is 2.14. The van der Waals surface area contributed by atoms with Gasteiger partial charge in [-0.25, -0.2) is 0 Å². The van der Waals surface area contributed by atoms with Crippen LogP contribution in [-0.2, 0) is 13.1 Å². The normalized spacial score (nSPS) is 15.7. The second-order valence-electron chi connectivity index (χ2n) is 4.77. The lowest BCUT2D eigenvalue weighted by Gasteiger charge is -2.20. The molecular formula is C12H23N5. The van der Waals surface area contributed by atoms with E-state index in [0.717, 1.165) is 31.4 Å². The predicted molar refractivity (Wildman–Crippen MR) is 67.7 cm³/mol. The van der Waals surface area contributed by atoms with E-state index in [1.165, 1.54) is 25.8 Å². The summed E-state index contributed by atoms with van der Waals surface area (Å²) >= 11 is 0. The summed E-state index contributed by atoms with van der Waals surface area (Å²) in [5, 5.41) is 11.4. The van der Waals surface area contributed by atoms with Crippen molar-refractivity contribution in [1.82, 2.24) is 25.2 Å². The van der Waals surface area contributed by atoms with Crippen LogP contribution in [0.15, 0.2) is 6.20 Å². The van der Waals surface area contributed by atoms with Gasteiger partial charge in [-0.2, -0.15) is 0 Å². The van der Waals surface area contributed by atoms with Crippen molar-refractivity contribution in [2.45, 2.75) is 45.3 Å². The number of hydrogen-bond acceptors (Lipinski definition) is 4. The first-order chi connectivity index (χ1) is 8.33. The minimum atomic E-state index is 0.793. The van der Waals surface area contributed by atoms with Gasteiger partial charge in [-0.1, -0.05) is 12.1 Å². The molecule has 0 radical (unpaired) electrons. The van der Waals surface area contributed by atoms with Crippen molar-refractivity contribution in [2.24, 2.45) is 0 Å². The third kappa shape index (κ3) is 3.78. The molecule has 1 aliphatic rings. The Bertz CT molecular complexity index is 331. The molecule has 0 aromatic carbocycles. The molecule has 1 N–H and O–H groups in total. The molecule has 0 aliphatic heterocycles. The smallest absolute Gasteiger partial charge is 0.0964 e. The Labute approximate surface area is 103 Å². The Balaban J connectivity index is 1.78. The summed E-state index contributed by atoms with van der Waals surface area (Å²) in [6.45, 7) is 6.30. The lowest BCUT2D eigenvalue weighted by Crippen LogP contribution is -2.30. The zero-order valence-electron chi connectivity index (χ0n) is 10.9. The standard InChI is InChI=1S/C12H23N5/c1-3-6-16(12-4-5-12)7-8-17-10-11(9-13-2)14-15-17/h10,12-13H,3-9H2,1-2H3. The zero-order valence-corrected chi connectivity index (χ0v) is 10.9. The molecule has 0 unspecified atom stereocenters. The van der Waals surface area contributed by atoms with Gasteiger partial charge in [0.2, 0.25) is 0 Å².